The van der Waals surface area contributed by atoms with Crippen molar-refractivity contribution in [2.24, 2.45) is 4.99 Å². The molecule has 1 aromatic carbocycles. The summed E-state index contributed by atoms with van der Waals surface area (Å²) in [6.07, 6.45) is 6.40. The summed E-state index contributed by atoms with van der Waals surface area (Å²) in [6, 6.07) is 8.15. The Balaban J connectivity index is 0.00000264. The Hall–Kier alpha value is -1.31. The second-order valence-corrected chi connectivity index (χ2v) is 5.68. The van der Waals surface area contributed by atoms with Crippen molar-refractivity contribution >= 4 is 35.8 Å². The fraction of sp³-hybridized carbons (Fsp3) is 0.529. The predicted molar refractivity (Wildman–Crippen MR) is 105 cm³/mol. The third-order valence-electron chi connectivity index (χ3n) is 4.07. The highest BCUT2D eigenvalue weighted by Crippen LogP contribution is 2.17. The lowest BCUT2D eigenvalue weighted by molar-refractivity contribution is 0.0963. The Morgan fingerprint density at radius 2 is 1.83 bits per heavy atom. The van der Waals surface area contributed by atoms with Crippen LogP contribution in [-0.4, -0.2) is 32.0 Å². The van der Waals surface area contributed by atoms with Crippen molar-refractivity contribution < 1.29 is 4.79 Å². The Morgan fingerprint density at radius 3 is 2.39 bits per heavy atom. The summed E-state index contributed by atoms with van der Waals surface area (Å²) in [5.41, 5.74) is 1.80. The van der Waals surface area contributed by atoms with Crippen LogP contribution in [-0.2, 0) is 6.54 Å². The zero-order valence-electron chi connectivity index (χ0n) is 13.9. The molecule has 1 fully saturated rings. The number of nitrogens with one attached hydrogen (secondary N) is 3. The number of carbonyl (C=O) groups excluding carboxylic acids is 1. The minimum absolute atomic E-state index is 0. The molecular weight excluding hydrogens is 403 g/mol. The molecule has 1 aliphatic carbocycles. The SMILES string of the molecule is CN=C(NCc1ccc(C(=O)NC)cc1)NC1CCCCC1.I. The van der Waals surface area contributed by atoms with E-state index in [-0.39, 0.29) is 29.9 Å². The molecule has 0 unspecified atom stereocenters. The van der Waals surface area contributed by atoms with Gasteiger partial charge in [-0.05, 0) is 30.5 Å². The van der Waals surface area contributed by atoms with Crippen molar-refractivity contribution in [1.29, 1.82) is 0 Å². The molecule has 2 rings (SSSR count). The third kappa shape index (κ3) is 6.37. The number of guanidine groups is 1. The van der Waals surface area contributed by atoms with E-state index in [1.54, 1.807) is 14.1 Å². The molecule has 0 heterocycles. The van der Waals surface area contributed by atoms with Crippen LogP contribution in [0.5, 0.6) is 0 Å². The number of nitrogens with zero attached hydrogens (tertiary/aromatic N) is 1. The summed E-state index contributed by atoms with van der Waals surface area (Å²) >= 11 is 0. The number of benzene rings is 1. The van der Waals surface area contributed by atoms with E-state index in [9.17, 15) is 4.79 Å². The van der Waals surface area contributed by atoms with Gasteiger partial charge >= 0.3 is 0 Å². The molecule has 0 radical (unpaired) electrons. The van der Waals surface area contributed by atoms with Gasteiger partial charge in [0.2, 0.25) is 0 Å². The van der Waals surface area contributed by atoms with E-state index < -0.39 is 0 Å². The van der Waals surface area contributed by atoms with Crippen molar-refractivity contribution in [3.05, 3.63) is 35.4 Å². The van der Waals surface area contributed by atoms with Crippen LogP contribution in [0.25, 0.3) is 0 Å². The minimum atomic E-state index is -0.0608. The summed E-state index contributed by atoms with van der Waals surface area (Å²) in [6.45, 7) is 0.695. The standard InChI is InChI=1S/C17H26N4O.HI/c1-18-16(22)14-10-8-13(9-11-14)12-20-17(19-2)21-15-6-4-3-5-7-15;/h8-11,15H,3-7,12H2,1-2H3,(H,18,22)(H2,19,20,21);1H. The van der Waals surface area contributed by atoms with E-state index in [0.717, 1.165) is 11.5 Å². The van der Waals surface area contributed by atoms with Crippen LogP contribution < -0.4 is 16.0 Å². The first-order valence-electron chi connectivity index (χ1n) is 8.01. The van der Waals surface area contributed by atoms with Gasteiger partial charge in [-0.15, -0.1) is 24.0 Å². The molecule has 1 amide bonds. The fourth-order valence-corrected chi connectivity index (χ4v) is 2.74. The molecule has 0 aliphatic heterocycles. The Bertz CT molecular complexity index is 510. The Kier molecular flexibility index (Phi) is 8.98. The van der Waals surface area contributed by atoms with Crippen molar-refractivity contribution in [3.8, 4) is 0 Å². The topological polar surface area (TPSA) is 65.5 Å². The maximum absolute atomic E-state index is 11.5. The summed E-state index contributed by atoms with van der Waals surface area (Å²) in [5.74, 6) is 0.788. The number of halogens is 1. The van der Waals surface area contributed by atoms with Gasteiger partial charge < -0.3 is 16.0 Å². The van der Waals surface area contributed by atoms with E-state index in [2.05, 4.69) is 20.9 Å². The highest BCUT2D eigenvalue weighted by atomic mass is 127. The summed E-state index contributed by atoms with van der Waals surface area (Å²) < 4.78 is 0. The Morgan fingerprint density at radius 1 is 1.17 bits per heavy atom. The van der Waals surface area contributed by atoms with Gasteiger partial charge in [-0.2, -0.15) is 0 Å². The molecule has 0 spiro atoms. The number of rotatable bonds is 4. The molecular formula is C17H27IN4O. The molecule has 1 saturated carbocycles. The first-order chi connectivity index (χ1) is 10.7. The highest BCUT2D eigenvalue weighted by molar-refractivity contribution is 14.0. The maximum atomic E-state index is 11.5. The van der Waals surface area contributed by atoms with E-state index in [1.165, 1.54) is 32.1 Å². The fourth-order valence-electron chi connectivity index (χ4n) is 2.74. The van der Waals surface area contributed by atoms with Crippen molar-refractivity contribution in [3.63, 3.8) is 0 Å². The first kappa shape index (κ1) is 19.7. The van der Waals surface area contributed by atoms with Gasteiger partial charge in [-0.25, -0.2) is 0 Å². The average molecular weight is 430 g/mol. The van der Waals surface area contributed by atoms with Gasteiger partial charge in [0.15, 0.2) is 5.96 Å². The van der Waals surface area contributed by atoms with Gasteiger partial charge in [0, 0.05) is 32.2 Å². The maximum Gasteiger partial charge on any atom is 0.251 e. The van der Waals surface area contributed by atoms with Gasteiger partial charge in [-0.1, -0.05) is 31.4 Å². The van der Waals surface area contributed by atoms with Crippen molar-refractivity contribution in [2.75, 3.05) is 14.1 Å². The van der Waals surface area contributed by atoms with Crippen LogP contribution >= 0.6 is 24.0 Å². The third-order valence-corrected chi connectivity index (χ3v) is 4.07. The minimum Gasteiger partial charge on any atom is -0.355 e. The van der Waals surface area contributed by atoms with E-state index in [1.807, 2.05) is 24.3 Å². The molecule has 0 atom stereocenters. The zero-order valence-corrected chi connectivity index (χ0v) is 16.2. The van der Waals surface area contributed by atoms with Crippen LogP contribution in [0.3, 0.4) is 0 Å². The highest BCUT2D eigenvalue weighted by Gasteiger charge is 2.14. The quantitative estimate of drug-likeness (QED) is 0.391. The van der Waals surface area contributed by atoms with E-state index in [4.69, 9.17) is 0 Å². The van der Waals surface area contributed by atoms with Gasteiger partial charge in [-0.3, -0.25) is 9.79 Å². The Labute approximate surface area is 155 Å². The van der Waals surface area contributed by atoms with Gasteiger partial charge in [0.1, 0.15) is 0 Å². The lowest BCUT2D eigenvalue weighted by atomic mass is 9.96. The first-order valence-corrected chi connectivity index (χ1v) is 8.01. The second kappa shape index (κ2) is 10.5. The zero-order chi connectivity index (χ0) is 15.8. The molecule has 3 N–H and O–H groups in total. The smallest absolute Gasteiger partial charge is 0.251 e. The molecule has 23 heavy (non-hydrogen) atoms. The van der Waals surface area contributed by atoms with Crippen LogP contribution in [0, 0.1) is 0 Å². The van der Waals surface area contributed by atoms with Crippen molar-refractivity contribution in [1.82, 2.24) is 16.0 Å². The number of amides is 1. The number of hydrogen-bond acceptors (Lipinski definition) is 2. The van der Waals surface area contributed by atoms with Gasteiger partial charge in [0.25, 0.3) is 5.91 Å². The monoisotopic (exact) mass is 430 g/mol. The van der Waals surface area contributed by atoms with Crippen LogP contribution in [0.2, 0.25) is 0 Å². The number of hydrogen-bond donors (Lipinski definition) is 3. The number of carbonyl (C=O) groups is 1. The van der Waals surface area contributed by atoms with Gasteiger partial charge in [0.05, 0.1) is 0 Å². The summed E-state index contributed by atoms with van der Waals surface area (Å²) in [7, 11) is 3.44. The molecule has 0 bridgehead atoms. The van der Waals surface area contributed by atoms with Crippen LogP contribution in [0.1, 0.15) is 48.0 Å². The largest absolute Gasteiger partial charge is 0.355 e. The molecule has 1 aliphatic rings. The molecule has 1 aromatic rings. The molecule has 0 saturated heterocycles. The van der Waals surface area contributed by atoms with Crippen LogP contribution in [0.15, 0.2) is 29.3 Å². The summed E-state index contributed by atoms with van der Waals surface area (Å²) in [5, 5.41) is 9.45. The molecule has 5 nitrogen and oxygen atoms in total. The van der Waals surface area contributed by atoms with Crippen molar-refractivity contribution in [2.45, 2.75) is 44.7 Å². The second-order valence-electron chi connectivity index (χ2n) is 5.68. The molecule has 0 aromatic heterocycles. The van der Waals surface area contributed by atoms with E-state index in [0.29, 0.717) is 18.2 Å². The van der Waals surface area contributed by atoms with E-state index >= 15 is 0 Å². The van der Waals surface area contributed by atoms with Crippen LogP contribution in [0.4, 0.5) is 0 Å². The number of aliphatic imine (C=N–C) groups is 1. The molecule has 6 heteroatoms. The molecule has 128 valence electrons. The summed E-state index contributed by atoms with van der Waals surface area (Å²) in [4.78, 5) is 15.8. The average Bonchev–Trinajstić information content (AvgIpc) is 2.59. The lowest BCUT2D eigenvalue weighted by Gasteiger charge is -2.24. The predicted octanol–water partition coefficient (Wildman–Crippen LogP) is 2.66. The lowest BCUT2D eigenvalue weighted by Crippen LogP contribution is -2.43. The normalized spacial score (nSPS) is 15.5.